The van der Waals surface area contributed by atoms with Crippen molar-refractivity contribution in [1.29, 1.82) is 0 Å². The van der Waals surface area contributed by atoms with Crippen LogP contribution in [0.25, 0.3) is 0 Å². The molecule has 23 heteroatoms. The number of carbonyl (C=O) groups excluding carboxylic acids is 3. The smallest absolute Gasteiger partial charge is 0.364 e. The standard InChI is InChI=1S/C27H44N2O21/c1-8(33)28-16-19(40)21(13(5-31)46-24(16)42)48-25-20(41)23(18(39)12(4-30)47-25)50-27(26(43)44)3-10(35)15(29-14(37)6-32)22(49-27)17(38)11(36)7-45-9(2)34/h10-13,15-25,30-32,35-36,38-42H,3-7H2,1-2H3,(H,28,33)(H,29,37)(H,43,44)/t10-,11+,12+,13+,15+,16+,17+,18-,19+,20+,21+,22+,23-,24?,25-,27-/m0/s1. The zero-order valence-electron chi connectivity index (χ0n) is 26.7. The summed E-state index contributed by atoms with van der Waals surface area (Å²) in [5.41, 5.74) is 0. The van der Waals surface area contributed by atoms with Gasteiger partial charge in [0.2, 0.25) is 11.8 Å². The third kappa shape index (κ3) is 9.38. The molecule has 0 aliphatic carbocycles. The summed E-state index contributed by atoms with van der Waals surface area (Å²) in [4.78, 5) is 47.7. The SMILES string of the molecule is CC(=O)N[C@H]1C(O)O[C@H](CO)[C@@H](O[C@@H]2O[C@H](CO)[C@H](O)[C@H](O[C@]3(C(=O)O)C[C@H](O)[C@@H](NC(=O)CO)[C@H]([C@H](O)[C@H](O)COC(C)=O)O3)[C@H]2O)[C@@H]1O. The van der Waals surface area contributed by atoms with Gasteiger partial charge in [-0.15, -0.1) is 0 Å². The largest absolute Gasteiger partial charge is 0.477 e. The van der Waals surface area contributed by atoms with Gasteiger partial charge in [-0.1, -0.05) is 0 Å². The molecule has 288 valence electrons. The number of amides is 2. The Bertz CT molecular complexity index is 1180. The van der Waals surface area contributed by atoms with Crippen LogP contribution >= 0.6 is 0 Å². The maximum Gasteiger partial charge on any atom is 0.364 e. The Balaban J connectivity index is 1.96. The summed E-state index contributed by atoms with van der Waals surface area (Å²) in [5, 5.41) is 119. The Kier molecular flexibility index (Phi) is 14.7. The van der Waals surface area contributed by atoms with Crippen LogP contribution in [0.3, 0.4) is 0 Å². The molecular formula is C27H44N2O21. The second kappa shape index (κ2) is 17.7. The lowest BCUT2D eigenvalue weighted by Crippen LogP contribution is -2.71. The minimum absolute atomic E-state index is 0.710. The minimum atomic E-state index is -3.14. The van der Waals surface area contributed by atoms with Crippen molar-refractivity contribution in [3.8, 4) is 0 Å². The summed E-state index contributed by atoms with van der Waals surface area (Å²) in [6, 6.07) is -3.27. The van der Waals surface area contributed by atoms with Gasteiger partial charge >= 0.3 is 11.9 Å². The minimum Gasteiger partial charge on any atom is -0.477 e. The van der Waals surface area contributed by atoms with E-state index in [0.29, 0.717) is 0 Å². The highest BCUT2D eigenvalue weighted by molar-refractivity contribution is 5.78. The van der Waals surface area contributed by atoms with Crippen molar-refractivity contribution in [3.05, 3.63) is 0 Å². The maximum atomic E-state index is 12.8. The van der Waals surface area contributed by atoms with E-state index < -0.39 is 154 Å². The van der Waals surface area contributed by atoms with Crippen LogP contribution in [-0.4, -0.2) is 204 Å². The van der Waals surface area contributed by atoms with Crippen LogP contribution in [0.5, 0.6) is 0 Å². The summed E-state index contributed by atoms with van der Waals surface area (Å²) in [6.07, 6.45) is -26.7. The molecule has 50 heavy (non-hydrogen) atoms. The molecule has 1 unspecified atom stereocenters. The first-order valence-corrected chi connectivity index (χ1v) is 15.3. The topological polar surface area (TPSA) is 370 Å². The first kappa shape index (κ1) is 41.7. The van der Waals surface area contributed by atoms with Crippen molar-refractivity contribution in [1.82, 2.24) is 10.6 Å². The van der Waals surface area contributed by atoms with Gasteiger partial charge in [-0.2, -0.15) is 0 Å². The fraction of sp³-hybridized carbons (Fsp3) is 0.852. The lowest BCUT2D eigenvalue weighted by Gasteiger charge is -2.50. The average molecular weight is 733 g/mol. The van der Waals surface area contributed by atoms with E-state index >= 15 is 0 Å². The number of ether oxygens (including phenoxy) is 6. The highest BCUT2D eigenvalue weighted by Gasteiger charge is 2.60. The third-order valence-corrected chi connectivity index (χ3v) is 8.24. The molecule has 0 aromatic heterocycles. The highest BCUT2D eigenvalue weighted by Crippen LogP contribution is 2.38. The van der Waals surface area contributed by atoms with Crippen LogP contribution in [-0.2, 0) is 47.6 Å². The molecule has 3 heterocycles. The number of aliphatic hydroxyl groups excluding tert-OH is 10. The molecule has 2 amide bonds. The van der Waals surface area contributed by atoms with Crippen LogP contribution in [0.1, 0.15) is 20.3 Å². The van der Waals surface area contributed by atoms with Gasteiger partial charge in [0.1, 0.15) is 80.3 Å². The molecule has 3 saturated heterocycles. The summed E-state index contributed by atoms with van der Waals surface area (Å²) in [7, 11) is 0. The molecule has 3 aliphatic heterocycles. The molecule has 0 bridgehead atoms. The van der Waals surface area contributed by atoms with Gasteiger partial charge in [0.05, 0.1) is 25.4 Å². The molecule has 0 radical (unpaired) electrons. The molecule has 3 rings (SSSR count). The first-order chi connectivity index (χ1) is 23.4. The summed E-state index contributed by atoms with van der Waals surface area (Å²) in [5.74, 6) is -7.90. The fourth-order valence-corrected chi connectivity index (χ4v) is 5.76. The zero-order valence-corrected chi connectivity index (χ0v) is 26.7. The quantitative estimate of drug-likeness (QED) is 0.0737. The fourth-order valence-electron chi connectivity index (χ4n) is 5.76. The van der Waals surface area contributed by atoms with Crippen LogP contribution < -0.4 is 10.6 Å². The highest BCUT2D eigenvalue weighted by atomic mass is 16.8. The lowest BCUT2D eigenvalue weighted by molar-refractivity contribution is -0.382. The predicted molar refractivity (Wildman–Crippen MR) is 153 cm³/mol. The molecule has 0 spiro atoms. The van der Waals surface area contributed by atoms with E-state index in [2.05, 4.69) is 15.4 Å². The summed E-state index contributed by atoms with van der Waals surface area (Å²) >= 11 is 0. The molecule has 0 aromatic carbocycles. The molecular weight excluding hydrogens is 688 g/mol. The number of aliphatic hydroxyl groups is 10. The van der Waals surface area contributed by atoms with Gasteiger partial charge in [0, 0.05) is 20.3 Å². The number of nitrogens with one attached hydrogen (secondary N) is 2. The van der Waals surface area contributed by atoms with Crippen LogP contribution in [0.4, 0.5) is 0 Å². The Morgan fingerprint density at radius 2 is 1.50 bits per heavy atom. The molecule has 3 fully saturated rings. The van der Waals surface area contributed by atoms with Crippen molar-refractivity contribution in [2.75, 3.05) is 26.4 Å². The number of carboxylic acid groups (broad SMARTS) is 1. The molecule has 0 saturated carbocycles. The number of esters is 1. The van der Waals surface area contributed by atoms with Gasteiger partial charge in [0.15, 0.2) is 12.6 Å². The monoisotopic (exact) mass is 732 g/mol. The number of hydrogen-bond donors (Lipinski definition) is 13. The van der Waals surface area contributed by atoms with Gasteiger partial charge < -0.3 is 95.2 Å². The van der Waals surface area contributed by atoms with Gasteiger partial charge in [-0.25, -0.2) is 4.79 Å². The van der Waals surface area contributed by atoms with Crippen molar-refractivity contribution in [3.63, 3.8) is 0 Å². The van der Waals surface area contributed by atoms with Gasteiger partial charge in [0.25, 0.3) is 5.79 Å². The predicted octanol–water partition coefficient (Wildman–Crippen LogP) is -8.54. The van der Waals surface area contributed by atoms with Crippen molar-refractivity contribution in [2.24, 2.45) is 0 Å². The molecule has 13 N–H and O–H groups in total. The Morgan fingerprint density at radius 3 is 2.04 bits per heavy atom. The van der Waals surface area contributed by atoms with Crippen molar-refractivity contribution < 1.29 is 104 Å². The Morgan fingerprint density at radius 1 is 0.860 bits per heavy atom. The first-order valence-electron chi connectivity index (χ1n) is 15.3. The number of carboxylic acids is 1. The number of rotatable bonds is 14. The number of hydrogen-bond acceptors (Lipinski definition) is 20. The second-order valence-corrected chi connectivity index (χ2v) is 11.9. The number of carbonyl (C=O) groups is 4. The van der Waals surface area contributed by atoms with Crippen LogP contribution in [0, 0.1) is 0 Å². The molecule has 23 nitrogen and oxygen atoms in total. The van der Waals surface area contributed by atoms with E-state index in [4.69, 9.17) is 23.7 Å². The van der Waals surface area contributed by atoms with E-state index in [-0.39, 0.29) is 0 Å². The molecule has 0 aromatic rings. The van der Waals surface area contributed by atoms with E-state index in [9.17, 15) is 75.3 Å². The zero-order chi connectivity index (χ0) is 37.7. The molecule has 16 atom stereocenters. The summed E-state index contributed by atoms with van der Waals surface area (Å²) in [6.45, 7) is -1.87. The second-order valence-electron chi connectivity index (χ2n) is 11.9. The Hall–Kier alpha value is -2.72. The maximum absolute atomic E-state index is 12.8. The van der Waals surface area contributed by atoms with Crippen LogP contribution in [0.2, 0.25) is 0 Å². The van der Waals surface area contributed by atoms with Crippen LogP contribution in [0.15, 0.2) is 0 Å². The van der Waals surface area contributed by atoms with Crippen molar-refractivity contribution >= 4 is 23.8 Å². The van der Waals surface area contributed by atoms with Crippen molar-refractivity contribution in [2.45, 2.75) is 118 Å². The van der Waals surface area contributed by atoms with E-state index in [0.717, 1.165) is 13.8 Å². The Labute approximate surface area is 282 Å². The van der Waals surface area contributed by atoms with E-state index in [1.165, 1.54) is 0 Å². The van der Waals surface area contributed by atoms with E-state index in [1.807, 2.05) is 0 Å². The van der Waals surface area contributed by atoms with Gasteiger partial charge in [-0.3, -0.25) is 14.4 Å². The van der Waals surface area contributed by atoms with Gasteiger partial charge in [-0.05, 0) is 0 Å². The molecule has 3 aliphatic rings. The third-order valence-electron chi connectivity index (χ3n) is 8.24. The lowest BCUT2D eigenvalue weighted by atomic mass is 9.88. The average Bonchev–Trinajstić information content (AvgIpc) is 3.06. The number of aliphatic carboxylic acids is 1. The summed E-state index contributed by atoms with van der Waals surface area (Å²) < 4.78 is 32.1. The van der Waals surface area contributed by atoms with E-state index in [1.54, 1.807) is 0 Å². The normalized spacial score (nSPS) is 40.3.